The molecule has 3 nitrogen and oxygen atoms in total. The maximum absolute atomic E-state index is 9.19. The molecule has 0 saturated heterocycles. The van der Waals surface area contributed by atoms with Gasteiger partial charge in [0, 0.05) is 10.6 Å². The van der Waals surface area contributed by atoms with Crippen molar-refractivity contribution in [1.82, 2.24) is 0 Å². The van der Waals surface area contributed by atoms with Gasteiger partial charge >= 0.3 is 0 Å². The first-order valence-electron chi connectivity index (χ1n) is 6.57. The number of ether oxygens (including phenoxy) is 1. The minimum atomic E-state index is 0.0173. The summed E-state index contributed by atoms with van der Waals surface area (Å²) in [4.78, 5) is 0. The molecule has 0 heterocycles. The van der Waals surface area contributed by atoms with Crippen LogP contribution in [0.1, 0.15) is 27.8 Å². The third kappa shape index (κ3) is 3.55. The zero-order valence-corrected chi connectivity index (χ0v) is 12.7. The predicted octanol–water partition coefficient (Wildman–Crippen LogP) is 3.90. The molecule has 0 aliphatic carbocycles. The van der Waals surface area contributed by atoms with Crippen molar-refractivity contribution in [3.63, 3.8) is 0 Å². The standard InChI is InChI=1S/C17H16ClNO2/c1-11-5-14(9-20)6-12(2)17(11)21-10-15-4-3-13(8-19)7-16(15)18/h3-7,20H,9-10H2,1-2H3. The first kappa shape index (κ1) is 15.4. The van der Waals surface area contributed by atoms with Gasteiger partial charge < -0.3 is 9.84 Å². The molecule has 0 aromatic heterocycles. The van der Waals surface area contributed by atoms with E-state index in [1.807, 2.05) is 26.0 Å². The van der Waals surface area contributed by atoms with Gasteiger partial charge in [-0.3, -0.25) is 0 Å². The van der Waals surface area contributed by atoms with Crippen LogP contribution < -0.4 is 4.74 Å². The van der Waals surface area contributed by atoms with Crippen molar-refractivity contribution in [2.45, 2.75) is 27.1 Å². The number of aliphatic hydroxyl groups excluding tert-OH is 1. The van der Waals surface area contributed by atoms with E-state index in [1.165, 1.54) is 0 Å². The van der Waals surface area contributed by atoms with Crippen molar-refractivity contribution in [1.29, 1.82) is 5.26 Å². The van der Waals surface area contributed by atoms with Gasteiger partial charge in [-0.1, -0.05) is 29.8 Å². The lowest BCUT2D eigenvalue weighted by Crippen LogP contribution is -2.01. The number of aliphatic hydroxyl groups is 1. The Kier molecular flexibility index (Phi) is 4.85. The molecule has 0 atom stereocenters. The Balaban J connectivity index is 2.19. The average molecular weight is 302 g/mol. The SMILES string of the molecule is Cc1cc(CO)cc(C)c1OCc1ccc(C#N)cc1Cl. The van der Waals surface area contributed by atoms with Crippen LogP contribution in [0, 0.1) is 25.2 Å². The molecule has 0 amide bonds. The van der Waals surface area contributed by atoms with E-state index in [2.05, 4.69) is 6.07 Å². The van der Waals surface area contributed by atoms with Crippen molar-refractivity contribution in [3.05, 3.63) is 63.2 Å². The summed E-state index contributed by atoms with van der Waals surface area (Å²) < 4.78 is 5.86. The number of nitriles is 1. The molecule has 1 N–H and O–H groups in total. The van der Waals surface area contributed by atoms with Crippen LogP contribution in [-0.2, 0) is 13.2 Å². The molecule has 0 aliphatic heterocycles. The zero-order chi connectivity index (χ0) is 15.4. The van der Waals surface area contributed by atoms with E-state index in [9.17, 15) is 5.11 Å². The van der Waals surface area contributed by atoms with Crippen LogP contribution in [0.5, 0.6) is 5.75 Å². The van der Waals surface area contributed by atoms with Crippen molar-refractivity contribution >= 4 is 11.6 Å². The lowest BCUT2D eigenvalue weighted by atomic mass is 10.1. The third-order valence-electron chi connectivity index (χ3n) is 3.26. The molecule has 0 fully saturated rings. The van der Waals surface area contributed by atoms with Gasteiger partial charge in [0.15, 0.2) is 0 Å². The van der Waals surface area contributed by atoms with Gasteiger partial charge in [-0.25, -0.2) is 0 Å². The van der Waals surface area contributed by atoms with Crippen molar-refractivity contribution in [2.75, 3.05) is 0 Å². The van der Waals surface area contributed by atoms with Crippen molar-refractivity contribution < 1.29 is 9.84 Å². The highest BCUT2D eigenvalue weighted by atomic mass is 35.5. The van der Waals surface area contributed by atoms with Crippen molar-refractivity contribution in [2.24, 2.45) is 0 Å². The lowest BCUT2D eigenvalue weighted by molar-refractivity contribution is 0.280. The number of benzene rings is 2. The first-order valence-corrected chi connectivity index (χ1v) is 6.95. The molecule has 0 aliphatic rings. The number of hydrogen-bond acceptors (Lipinski definition) is 3. The maximum atomic E-state index is 9.19. The minimum absolute atomic E-state index is 0.0173. The molecular formula is C17H16ClNO2. The molecular weight excluding hydrogens is 286 g/mol. The summed E-state index contributed by atoms with van der Waals surface area (Å²) in [6.45, 7) is 4.25. The molecule has 21 heavy (non-hydrogen) atoms. The summed E-state index contributed by atoms with van der Waals surface area (Å²) in [6, 6.07) is 11.0. The normalized spacial score (nSPS) is 10.2. The fourth-order valence-electron chi connectivity index (χ4n) is 2.24. The van der Waals surface area contributed by atoms with Gasteiger partial charge in [-0.2, -0.15) is 5.26 Å². The molecule has 0 radical (unpaired) electrons. The first-order chi connectivity index (χ1) is 10.0. The molecule has 0 unspecified atom stereocenters. The van der Waals surface area contributed by atoms with E-state index < -0.39 is 0 Å². The Hall–Kier alpha value is -2.02. The maximum Gasteiger partial charge on any atom is 0.125 e. The Bertz CT molecular complexity index is 681. The van der Waals surface area contributed by atoms with E-state index in [1.54, 1.807) is 18.2 Å². The summed E-state index contributed by atoms with van der Waals surface area (Å²) >= 11 is 6.14. The Morgan fingerprint density at radius 2 is 1.86 bits per heavy atom. The van der Waals surface area contributed by atoms with Crippen LogP contribution in [0.25, 0.3) is 0 Å². The summed E-state index contributed by atoms with van der Waals surface area (Å²) in [7, 11) is 0. The van der Waals surface area contributed by atoms with E-state index >= 15 is 0 Å². The van der Waals surface area contributed by atoms with Crippen LogP contribution in [0.15, 0.2) is 30.3 Å². The number of rotatable bonds is 4. The number of nitrogens with zero attached hydrogens (tertiary/aromatic N) is 1. The zero-order valence-electron chi connectivity index (χ0n) is 12.0. The van der Waals surface area contributed by atoms with Gasteiger partial charge in [0.05, 0.1) is 18.2 Å². The van der Waals surface area contributed by atoms with Gasteiger partial charge in [0.2, 0.25) is 0 Å². The molecule has 2 aromatic rings. The van der Waals surface area contributed by atoms with Gasteiger partial charge in [-0.15, -0.1) is 0 Å². The summed E-state index contributed by atoms with van der Waals surface area (Å²) in [6.07, 6.45) is 0. The summed E-state index contributed by atoms with van der Waals surface area (Å²) in [5.41, 5.74) is 4.19. The highest BCUT2D eigenvalue weighted by Crippen LogP contribution is 2.27. The number of halogens is 1. The quantitative estimate of drug-likeness (QED) is 0.932. The van der Waals surface area contributed by atoms with E-state index in [4.69, 9.17) is 21.6 Å². The Morgan fingerprint density at radius 1 is 1.19 bits per heavy atom. The van der Waals surface area contributed by atoms with Crippen LogP contribution in [0.2, 0.25) is 5.02 Å². The number of hydrogen-bond donors (Lipinski definition) is 1. The van der Waals surface area contributed by atoms with Crippen LogP contribution in [-0.4, -0.2) is 5.11 Å². The molecule has 108 valence electrons. The number of aryl methyl sites for hydroxylation is 2. The molecule has 2 aromatic carbocycles. The molecule has 0 bridgehead atoms. The van der Waals surface area contributed by atoms with Crippen LogP contribution >= 0.6 is 11.6 Å². The molecule has 0 spiro atoms. The second-order valence-corrected chi connectivity index (χ2v) is 5.33. The second kappa shape index (κ2) is 6.62. The Labute approximate surface area is 129 Å². The third-order valence-corrected chi connectivity index (χ3v) is 3.61. The van der Waals surface area contributed by atoms with Gasteiger partial charge in [0.25, 0.3) is 0 Å². The summed E-state index contributed by atoms with van der Waals surface area (Å²) in [5, 5.41) is 18.5. The van der Waals surface area contributed by atoms with Crippen LogP contribution in [0.4, 0.5) is 0 Å². The second-order valence-electron chi connectivity index (χ2n) is 4.92. The minimum Gasteiger partial charge on any atom is -0.488 e. The molecule has 4 heteroatoms. The van der Waals surface area contributed by atoms with Crippen molar-refractivity contribution in [3.8, 4) is 11.8 Å². The highest BCUT2D eigenvalue weighted by Gasteiger charge is 2.08. The van der Waals surface area contributed by atoms with E-state index in [-0.39, 0.29) is 6.61 Å². The smallest absolute Gasteiger partial charge is 0.125 e. The Morgan fingerprint density at radius 3 is 2.38 bits per heavy atom. The monoisotopic (exact) mass is 301 g/mol. The van der Waals surface area contributed by atoms with E-state index in [0.29, 0.717) is 17.2 Å². The lowest BCUT2D eigenvalue weighted by Gasteiger charge is -2.14. The van der Waals surface area contributed by atoms with Gasteiger partial charge in [0.1, 0.15) is 12.4 Å². The molecule has 0 saturated carbocycles. The predicted molar refractivity (Wildman–Crippen MR) is 82.3 cm³/mol. The largest absolute Gasteiger partial charge is 0.488 e. The topological polar surface area (TPSA) is 53.2 Å². The molecule has 2 rings (SSSR count). The highest BCUT2D eigenvalue weighted by molar-refractivity contribution is 6.31. The average Bonchev–Trinajstić information content (AvgIpc) is 2.47. The fraction of sp³-hybridized carbons (Fsp3) is 0.235. The van der Waals surface area contributed by atoms with E-state index in [0.717, 1.165) is 28.0 Å². The fourth-order valence-corrected chi connectivity index (χ4v) is 2.48. The summed E-state index contributed by atoms with van der Waals surface area (Å²) in [5.74, 6) is 0.799. The van der Waals surface area contributed by atoms with Crippen LogP contribution in [0.3, 0.4) is 0 Å². The van der Waals surface area contributed by atoms with Gasteiger partial charge in [-0.05, 0) is 42.7 Å².